The monoisotopic (exact) mass is 444 g/mol. The summed E-state index contributed by atoms with van der Waals surface area (Å²) in [6.07, 6.45) is 0. The van der Waals surface area contributed by atoms with Crippen molar-refractivity contribution >= 4 is 66.8 Å². The Morgan fingerprint density at radius 3 is 1.71 bits per heavy atom. The van der Waals surface area contributed by atoms with E-state index in [1.165, 1.54) is 21.5 Å². The minimum atomic E-state index is -0.483. The Morgan fingerprint density at radius 2 is 1.06 bits per heavy atom. The summed E-state index contributed by atoms with van der Waals surface area (Å²) in [5.74, 6) is 0. The number of fused-ring (bicyclic) bond motifs is 10. The molecule has 0 aliphatic carbocycles. The van der Waals surface area contributed by atoms with Crippen molar-refractivity contribution in [2.45, 2.75) is 38.9 Å². The molecule has 5 aromatic carbocycles. The summed E-state index contributed by atoms with van der Waals surface area (Å²) in [7, 11) is -0.483. The van der Waals surface area contributed by atoms with Gasteiger partial charge in [-0.1, -0.05) is 72.8 Å². The van der Waals surface area contributed by atoms with Crippen LogP contribution in [-0.2, 0) is 9.31 Å². The van der Waals surface area contributed by atoms with Crippen LogP contribution in [0.25, 0.3) is 54.3 Å². The number of furan rings is 1. The lowest BCUT2D eigenvalue weighted by Gasteiger charge is -2.32. The molecule has 34 heavy (non-hydrogen) atoms. The predicted molar refractivity (Wildman–Crippen MR) is 142 cm³/mol. The van der Waals surface area contributed by atoms with Crippen molar-refractivity contribution in [2.75, 3.05) is 0 Å². The third-order valence-corrected chi connectivity index (χ3v) is 7.89. The molecule has 7 rings (SSSR count). The van der Waals surface area contributed by atoms with Gasteiger partial charge in [-0.15, -0.1) is 0 Å². The van der Waals surface area contributed by atoms with Crippen LogP contribution in [0.3, 0.4) is 0 Å². The average molecular weight is 444 g/mol. The molecular formula is C30H25BO3. The van der Waals surface area contributed by atoms with Crippen LogP contribution in [0.5, 0.6) is 0 Å². The lowest BCUT2D eigenvalue weighted by Crippen LogP contribution is -2.41. The molecule has 0 amide bonds. The van der Waals surface area contributed by atoms with Crippen molar-refractivity contribution in [1.29, 1.82) is 0 Å². The number of para-hydroxylation sites is 1. The molecule has 4 heteroatoms. The summed E-state index contributed by atoms with van der Waals surface area (Å²) in [4.78, 5) is 0. The molecule has 1 aromatic heterocycles. The van der Waals surface area contributed by atoms with Crippen molar-refractivity contribution in [3.8, 4) is 0 Å². The Hall–Kier alpha value is -3.34. The van der Waals surface area contributed by atoms with Crippen LogP contribution in [0.1, 0.15) is 27.7 Å². The van der Waals surface area contributed by atoms with Crippen LogP contribution in [0.2, 0.25) is 0 Å². The van der Waals surface area contributed by atoms with E-state index in [1.807, 2.05) is 12.1 Å². The first kappa shape index (κ1) is 20.1. The molecule has 0 spiro atoms. The van der Waals surface area contributed by atoms with Gasteiger partial charge in [0.25, 0.3) is 0 Å². The molecule has 166 valence electrons. The highest BCUT2D eigenvalue weighted by Crippen LogP contribution is 2.43. The van der Waals surface area contributed by atoms with Crippen LogP contribution in [0, 0.1) is 0 Å². The normalized spacial score (nSPS) is 17.6. The third kappa shape index (κ3) is 2.55. The summed E-state index contributed by atoms with van der Waals surface area (Å²) in [6.45, 7) is 8.40. The molecule has 2 heterocycles. The smallest absolute Gasteiger partial charge is 0.455 e. The topological polar surface area (TPSA) is 31.6 Å². The molecule has 6 aromatic rings. The molecule has 1 saturated heterocycles. The zero-order valence-electron chi connectivity index (χ0n) is 19.8. The molecule has 0 radical (unpaired) electrons. The van der Waals surface area contributed by atoms with Gasteiger partial charge < -0.3 is 13.7 Å². The first-order chi connectivity index (χ1) is 16.4. The van der Waals surface area contributed by atoms with E-state index < -0.39 is 18.3 Å². The number of hydrogen-bond donors (Lipinski definition) is 0. The second kappa shape index (κ2) is 6.62. The van der Waals surface area contributed by atoms with Crippen LogP contribution < -0.4 is 5.46 Å². The third-order valence-electron chi connectivity index (χ3n) is 7.89. The molecule has 1 aliphatic heterocycles. The molecule has 1 aliphatic rings. The highest BCUT2D eigenvalue weighted by atomic mass is 16.7. The first-order valence-electron chi connectivity index (χ1n) is 11.9. The average Bonchev–Trinajstić information content (AvgIpc) is 3.32. The summed E-state index contributed by atoms with van der Waals surface area (Å²) < 4.78 is 19.7. The Morgan fingerprint density at radius 1 is 0.559 bits per heavy atom. The molecule has 0 bridgehead atoms. The zero-order chi connectivity index (χ0) is 23.2. The Labute approximate surface area is 198 Å². The maximum Gasteiger partial charge on any atom is 0.495 e. The van der Waals surface area contributed by atoms with E-state index in [0.717, 1.165) is 38.2 Å². The number of rotatable bonds is 1. The van der Waals surface area contributed by atoms with Gasteiger partial charge in [0.1, 0.15) is 11.2 Å². The summed E-state index contributed by atoms with van der Waals surface area (Å²) in [5, 5.41) is 9.32. The quantitative estimate of drug-likeness (QED) is 0.196. The molecule has 3 nitrogen and oxygen atoms in total. The van der Waals surface area contributed by atoms with E-state index in [-0.39, 0.29) is 0 Å². The highest BCUT2D eigenvalue weighted by Gasteiger charge is 2.52. The van der Waals surface area contributed by atoms with E-state index in [2.05, 4.69) is 94.4 Å². The minimum absolute atomic E-state index is 0.427. The fourth-order valence-electron chi connectivity index (χ4n) is 5.45. The summed E-state index contributed by atoms with van der Waals surface area (Å²) >= 11 is 0. The van der Waals surface area contributed by atoms with Crippen molar-refractivity contribution < 1.29 is 13.7 Å². The first-order valence-corrected chi connectivity index (χ1v) is 11.9. The van der Waals surface area contributed by atoms with Crippen LogP contribution in [0.15, 0.2) is 83.3 Å². The van der Waals surface area contributed by atoms with E-state index in [1.54, 1.807) is 0 Å². The van der Waals surface area contributed by atoms with Gasteiger partial charge in [-0.25, -0.2) is 0 Å². The SMILES string of the molecule is CC1(C)OB(c2cc3c4ccccc4c4ccccc4c3c3oc4ccccc4c23)OC1(C)C. The predicted octanol–water partition coefficient (Wildman–Crippen LogP) is 7.34. The van der Waals surface area contributed by atoms with Gasteiger partial charge in [0, 0.05) is 16.2 Å². The van der Waals surface area contributed by atoms with Gasteiger partial charge in [0.05, 0.1) is 11.2 Å². The van der Waals surface area contributed by atoms with Crippen molar-refractivity contribution in [3.05, 3.63) is 78.9 Å². The van der Waals surface area contributed by atoms with Gasteiger partial charge in [0.2, 0.25) is 0 Å². The van der Waals surface area contributed by atoms with Gasteiger partial charge >= 0.3 is 7.12 Å². The maximum atomic E-state index is 6.62. The molecule has 0 unspecified atom stereocenters. The van der Waals surface area contributed by atoms with E-state index >= 15 is 0 Å². The fourth-order valence-corrected chi connectivity index (χ4v) is 5.45. The lowest BCUT2D eigenvalue weighted by atomic mass is 9.74. The number of hydrogen-bond acceptors (Lipinski definition) is 3. The van der Waals surface area contributed by atoms with Crippen LogP contribution in [-0.4, -0.2) is 18.3 Å². The van der Waals surface area contributed by atoms with E-state index in [9.17, 15) is 0 Å². The van der Waals surface area contributed by atoms with E-state index in [4.69, 9.17) is 13.7 Å². The minimum Gasteiger partial charge on any atom is -0.455 e. The fraction of sp³-hybridized carbons (Fsp3) is 0.200. The summed E-state index contributed by atoms with van der Waals surface area (Å²) in [6, 6.07) is 27.8. The molecule has 0 atom stereocenters. The molecule has 1 fully saturated rings. The van der Waals surface area contributed by atoms with Gasteiger partial charge in [-0.05, 0) is 66.2 Å². The van der Waals surface area contributed by atoms with Crippen LogP contribution >= 0.6 is 0 Å². The van der Waals surface area contributed by atoms with E-state index in [0.29, 0.717) is 0 Å². The summed E-state index contributed by atoms with van der Waals surface area (Å²) in [5.41, 5.74) is 1.94. The molecular weight excluding hydrogens is 419 g/mol. The maximum absolute atomic E-state index is 6.62. The van der Waals surface area contributed by atoms with Gasteiger partial charge in [-0.3, -0.25) is 0 Å². The second-order valence-corrected chi connectivity index (χ2v) is 10.4. The standard InChI is InChI=1S/C30H25BO3/c1-29(2)30(3,4)34-31(33-29)24-17-23-20-13-6-5-11-18(20)19-12-7-8-14-21(19)26(23)28-27(24)22-15-9-10-16-25(22)32-28/h5-17H,1-4H3. The second-order valence-electron chi connectivity index (χ2n) is 10.4. The van der Waals surface area contributed by atoms with Crippen molar-refractivity contribution in [3.63, 3.8) is 0 Å². The van der Waals surface area contributed by atoms with Crippen molar-refractivity contribution in [1.82, 2.24) is 0 Å². The highest BCUT2D eigenvalue weighted by molar-refractivity contribution is 6.67. The molecule has 0 saturated carbocycles. The van der Waals surface area contributed by atoms with Crippen LogP contribution in [0.4, 0.5) is 0 Å². The lowest BCUT2D eigenvalue weighted by molar-refractivity contribution is 0.00578. The Kier molecular flexibility index (Phi) is 3.91. The van der Waals surface area contributed by atoms with Crippen molar-refractivity contribution in [2.24, 2.45) is 0 Å². The number of benzene rings is 5. The van der Waals surface area contributed by atoms with Gasteiger partial charge in [0.15, 0.2) is 0 Å². The van der Waals surface area contributed by atoms with Gasteiger partial charge in [-0.2, -0.15) is 0 Å². The zero-order valence-corrected chi connectivity index (χ0v) is 19.8. The Bertz CT molecular complexity index is 1760. The Balaban J connectivity index is 1.72. The molecule has 0 N–H and O–H groups in total. The largest absolute Gasteiger partial charge is 0.495 e.